The summed E-state index contributed by atoms with van der Waals surface area (Å²) in [6.45, 7) is 0.858. The van der Waals surface area contributed by atoms with Crippen molar-refractivity contribution in [1.29, 1.82) is 0 Å². The van der Waals surface area contributed by atoms with Crippen LogP contribution < -0.4 is 0 Å². The fraction of sp³-hybridized carbons (Fsp3) is 0.238. The molecule has 7 nitrogen and oxygen atoms in total. The van der Waals surface area contributed by atoms with Crippen molar-refractivity contribution in [1.82, 2.24) is 19.0 Å². The van der Waals surface area contributed by atoms with Crippen LogP contribution in [0.1, 0.15) is 11.6 Å². The van der Waals surface area contributed by atoms with E-state index in [0.29, 0.717) is 0 Å². The minimum absolute atomic E-state index is 0.00509. The molecule has 162 valence electrons. The van der Waals surface area contributed by atoms with Gasteiger partial charge in [0, 0.05) is 38.6 Å². The molecule has 2 heterocycles. The fourth-order valence-corrected chi connectivity index (χ4v) is 5.78. The number of hydrogen-bond acceptors (Lipinski definition) is 4. The van der Waals surface area contributed by atoms with Crippen molar-refractivity contribution in [3.05, 3.63) is 82.6 Å². The van der Waals surface area contributed by atoms with Crippen LogP contribution in [0.3, 0.4) is 0 Å². The van der Waals surface area contributed by atoms with Gasteiger partial charge in [0.25, 0.3) is 5.91 Å². The molecule has 31 heavy (non-hydrogen) atoms. The van der Waals surface area contributed by atoms with Crippen LogP contribution in [-0.2, 0) is 14.8 Å². The van der Waals surface area contributed by atoms with Crippen LogP contribution in [0.5, 0.6) is 0 Å². The minimum atomic E-state index is -3.82. The lowest BCUT2D eigenvalue weighted by molar-refractivity contribution is -0.135. The van der Waals surface area contributed by atoms with Gasteiger partial charge in [-0.25, -0.2) is 8.42 Å². The van der Waals surface area contributed by atoms with Gasteiger partial charge in [-0.3, -0.25) is 9.48 Å². The van der Waals surface area contributed by atoms with Gasteiger partial charge >= 0.3 is 0 Å². The van der Waals surface area contributed by atoms with Crippen molar-refractivity contribution in [2.45, 2.75) is 10.9 Å². The Labute approximate surface area is 190 Å². The number of piperazine rings is 1. The topological polar surface area (TPSA) is 75.5 Å². The molecule has 1 atom stereocenters. The average molecular weight is 479 g/mol. The molecule has 3 aromatic rings. The lowest BCUT2D eigenvalue weighted by Crippen LogP contribution is -2.52. The zero-order valence-electron chi connectivity index (χ0n) is 16.4. The first-order valence-electron chi connectivity index (χ1n) is 9.66. The molecule has 1 aliphatic heterocycles. The van der Waals surface area contributed by atoms with Crippen molar-refractivity contribution in [3.8, 4) is 0 Å². The molecule has 2 aromatic carbocycles. The van der Waals surface area contributed by atoms with Gasteiger partial charge in [-0.15, -0.1) is 0 Å². The molecule has 0 aliphatic carbocycles. The van der Waals surface area contributed by atoms with Gasteiger partial charge in [0.2, 0.25) is 10.0 Å². The summed E-state index contributed by atoms with van der Waals surface area (Å²) in [5.74, 6) is -0.132. The summed E-state index contributed by atoms with van der Waals surface area (Å²) in [6.07, 6.45) is 3.37. The Morgan fingerprint density at radius 3 is 2.29 bits per heavy atom. The molecule has 1 saturated heterocycles. The number of carbonyl (C=O) groups is 1. The molecule has 0 saturated carbocycles. The molecular weight excluding hydrogens is 459 g/mol. The first kappa shape index (κ1) is 21.8. The van der Waals surface area contributed by atoms with E-state index in [9.17, 15) is 13.2 Å². The van der Waals surface area contributed by atoms with E-state index in [1.54, 1.807) is 40.2 Å². The summed E-state index contributed by atoms with van der Waals surface area (Å²) < 4.78 is 29.0. The average Bonchev–Trinajstić information content (AvgIpc) is 3.31. The summed E-state index contributed by atoms with van der Waals surface area (Å²) in [5.41, 5.74) is 0.817. The van der Waals surface area contributed by atoms with E-state index >= 15 is 0 Å². The third-order valence-electron chi connectivity index (χ3n) is 5.22. The van der Waals surface area contributed by atoms with Crippen LogP contribution in [-0.4, -0.2) is 59.5 Å². The second-order valence-corrected chi connectivity index (χ2v) is 9.77. The Kier molecular flexibility index (Phi) is 6.34. The summed E-state index contributed by atoms with van der Waals surface area (Å²) in [5, 5.41) is 4.44. The van der Waals surface area contributed by atoms with E-state index in [0.717, 1.165) is 5.56 Å². The number of halogens is 2. The molecule has 1 fully saturated rings. The zero-order valence-corrected chi connectivity index (χ0v) is 18.8. The van der Waals surface area contributed by atoms with Gasteiger partial charge in [0.1, 0.15) is 4.90 Å². The van der Waals surface area contributed by atoms with Crippen LogP contribution in [0.25, 0.3) is 0 Å². The Balaban J connectivity index is 1.52. The van der Waals surface area contributed by atoms with Crippen LogP contribution in [0, 0.1) is 0 Å². The Bertz CT molecular complexity index is 1160. The van der Waals surface area contributed by atoms with Crippen molar-refractivity contribution in [3.63, 3.8) is 0 Å². The lowest BCUT2D eigenvalue weighted by Gasteiger charge is -2.36. The maximum atomic E-state index is 13.4. The smallest absolute Gasteiger partial charge is 0.252 e. The Morgan fingerprint density at radius 1 is 0.935 bits per heavy atom. The summed E-state index contributed by atoms with van der Waals surface area (Å²) in [6, 6.07) is 15.1. The molecule has 1 aliphatic rings. The molecule has 0 N–H and O–H groups in total. The normalized spacial score (nSPS) is 16.3. The highest BCUT2D eigenvalue weighted by Crippen LogP contribution is 2.31. The van der Waals surface area contributed by atoms with Crippen LogP contribution >= 0.6 is 23.2 Å². The van der Waals surface area contributed by atoms with Gasteiger partial charge < -0.3 is 4.90 Å². The number of carbonyl (C=O) groups excluding carboxylic acids is 1. The lowest BCUT2D eigenvalue weighted by atomic mass is 10.1. The van der Waals surface area contributed by atoms with Crippen molar-refractivity contribution >= 4 is 39.1 Å². The molecule has 1 amide bonds. The predicted molar refractivity (Wildman–Crippen MR) is 119 cm³/mol. The number of sulfonamides is 1. The largest absolute Gasteiger partial charge is 0.338 e. The highest BCUT2D eigenvalue weighted by molar-refractivity contribution is 7.89. The van der Waals surface area contributed by atoms with Gasteiger partial charge in [0.15, 0.2) is 6.04 Å². The highest BCUT2D eigenvalue weighted by Gasteiger charge is 2.35. The van der Waals surface area contributed by atoms with Gasteiger partial charge in [0.05, 0.1) is 10.0 Å². The van der Waals surface area contributed by atoms with Gasteiger partial charge in [-0.1, -0.05) is 59.6 Å². The van der Waals surface area contributed by atoms with Crippen LogP contribution in [0.4, 0.5) is 0 Å². The molecule has 0 spiro atoms. The zero-order chi connectivity index (χ0) is 22.0. The third-order valence-corrected chi connectivity index (χ3v) is 8.09. The molecule has 10 heteroatoms. The molecular formula is C21H20Cl2N4O3S. The predicted octanol–water partition coefficient (Wildman–Crippen LogP) is 3.31. The van der Waals surface area contributed by atoms with E-state index in [2.05, 4.69) is 5.10 Å². The van der Waals surface area contributed by atoms with Crippen LogP contribution in [0.2, 0.25) is 10.0 Å². The summed E-state index contributed by atoms with van der Waals surface area (Å²) in [7, 11) is -3.82. The second-order valence-electron chi connectivity index (χ2n) is 7.08. The number of amides is 1. The number of nitrogens with zero attached hydrogens (tertiary/aromatic N) is 4. The van der Waals surface area contributed by atoms with E-state index in [4.69, 9.17) is 23.2 Å². The first-order valence-corrected chi connectivity index (χ1v) is 11.9. The van der Waals surface area contributed by atoms with Crippen molar-refractivity contribution < 1.29 is 13.2 Å². The van der Waals surface area contributed by atoms with Crippen molar-refractivity contribution in [2.24, 2.45) is 0 Å². The van der Waals surface area contributed by atoms with Gasteiger partial charge in [-0.2, -0.15) is 9.40 Å². The van der Waals surface area contributed by atoms with Crippen LogP contribution in [0.15, 0.2) is 71.9 Å². The SMILES string of the molecule is O=C(C(c1ccccc1)n1cccn1)N1CCN(S(=O)(=O)c2cccc(Cl)c2Cl)CC1. The van der Waals surface area contributed by atoms with E-state index in [-0.39, 0.29) is 47.0 Å². The van der Waals surface area contributed by atoms with E-state index < -0.39 is 16.1 Å². The maximum absolute atomic E-state index is 13.4. The number of benzene rings is 2. The molecule has 0 bridgehead atoms. The Hall–Kier alpha value is -2.39. The minimum Gasteiger partial charge on any atom is -0.338 e. The number of hydrogen-bond donors (Lipinski definition) is 0. The monoisotopic (exact) mass is 478 g/mol. The Morgan fingerprint density at radius 2 is 1.65 bits per heavy atom. The summed E-state index contributed by atoms with van der Waals surface area (Å²) in [4.78, 5) is 15.0. The fourth-order valence-electron chi connectivity index (χ4n) is 3.62. The highest BCUT2D eigenvalue weighted by atomic mass is 35.5. The first-order chi connectivity index (χ1) is 14.9. The van der Waals surface area contributed by atoms with Crippen molar-refractivity contribution in [2.75, 3.05) is 26.2 Å². The van der Waals surface area contributed by atoms with Gasteiger partial charge in [-0.05, 0) is 23.8 Å². The quantitative estimate of drug-likeness (QED) is 0.563. The number of rotatable bonds is 5. The molecule has 0 radical (unpaired) electrons. The molecule has 1 unspecified atom stereocenters. The van der Waals surface area contributed by atoms with E-state index in [1.807, 2.05) is 30.3 Å². The standard InChI is InChI=1S/C21H20Cl2N4O3S/c22-17-8-4-9-18(19(17)23)31(29,30)26-14-12-25(13-15-26)21(28)20(27-11-5-10-24-27)16-6-2-1-3-7-16/h1-11,20H,12-15H2. The summed E-state index contributed by atoms with van der Waals surface area (Å²) >= 11 is 12.1. The maximum Gasteiger partial charge on any atom is 0.252 e. The second kappa shape index (κ2) is 9.00. The third kappa shape index (κ3) is 4.34. The number of aromatic nitrogens is 2. The van der Waals surface area contributed by atoms with E-state index in [1.165, 1.54) is 10.4 Å². The molecule has 1 aromatic heterocycles. The molecule has 4 rings (SSSR count).